The average molecular weight is 324 g/mol. The van der Waals surface area contributed by atoms with Gasteiger partial charge in [0, 0.05) is 18.1 Å². The maximum absolute atomic E-state index is 12.7. The minimum Gasteiger partial charge on any atom is -0.493 e. The van der Waals surface area contributed by atoms with Gasteiger partial charge in [-0.25, -0.2) is 0 Å². The smallest absolute Gasteiger partial charge is 0.180 e. The van der Waals surface area contributed by atoms with Crippen molar-refractivity contribution in [2.45, 2.75) is 33.6 Å². The zero-order valence-electron chi connectivity index (χ0n) is 13.8. The molecule has 0 aliphatic carbocycles. The van der Waals surface area contributed by atoms with E-state index in [2.05, 4.69) is 18.7 Å². The predicted octanol–water partition coefficient (Wildman–Crippen LogP) is 4.29. The minimum atomic E-state index is 0.0925. The third-order valence-corrected chi connectivity index (χ3v) is 4.25. The molecule has 2 atom stereocenters. The number of likely N-dealkylation sites (tertiary alicyclic amines) is 1. The molecule has 4 heteroatoms. The van der Waals surface area contributed by atoms with Crippen LogP contribution in [-0.4, -0.2) is 36.9 Å². The third kappa shape index (κ3) is 4.72. The van der Waals surface area contributed by atoms with E-state index in [-0.39, 0.29) is 5.78 Å². The van der Waals surface area contributed by atoms with Crippen molar-refractivity contribution in [2.75, 3.05) is 26.2 Å². The molecular formula is C18H26ClNO2. The standard InChI is InChI=1S/C18H26ClNO2/c1-4-7-22-18-6-5-15(19)9-16(18)17(21)12-20-10-13(2)8-14(3)11-20/h5-6,9,13-14H,4,7-8,10-12H2,1-3H3. The molecule has 1 saturated heterocycles. The maximum Gasteiger partial charge on any atom is 0.180 e. The van der Waals surface area contributed by atoms with Gasteiger partial charge in [-0.1, -0.05) is 32.4 Å². The second kappa shape index (κ2) is 7.98. The van der Waals surface area contributed by atoms with Gasteiger partial charge in [-0.15, -0.1) is 0 Å². The van der Waals surface area contributed by atoms with Crippen molar-refractivity contribution < 1.29 is 9.53 Å². The van der Waals surface area contributed by atoms with Crippen LogP contribution in [0.1, 0.15) is 44.0 Å². The maximum atomic E-state index is 12.7. The third-order valence-electron chi connectivity index (χ3n) is 4.02. The quantitative estimate of drug-likeness (QED) is 0.731. The van der Waals surface area contributed by atoms with Crippen LogP contribution in [0.15, 0.2) is 18.2 Å². The predicted molar refractivity (Wildman–Crippen MR) is 91.0 cm³/mol. The van der Waals surface area contributed by atoms with Gasteiger partial charge >= 0.3 is 0 Å². The Balaban J connectivity index is 2.09. The first-order valence-electron chi connectivity index (χ1n) is 8.17. The second-order valence-electron chi connectivity index (χ2n) is 6.55. The van der Waals surface area contributed by atoms with Crippen molar-refractivity contribution in [3.05, 3.63) is 28.8 Å². The molecule has 2 unspecified atom stereocenters. The van der Waals surface area contributed by atoms with Crippen LogP contribution < -0.4 is 4.74 Å². The van der Waals surface area contributed by atoms with Gasteiger partial charge in [0.1, 0.15) is 5.75 Å². The van der Waals surface area contributed by atoms with E-state index in [9.17, 15) is 4.79 Å². The largest absolute Gasteiger partial charge is 0.493 e. The van der Waals surface area contributed by atoms with E-state index < -0.39 is 0 Å². The van der Waals surface area contributed by atoms with E-state index in [0.29, 0.717) is 41.3 Å². The molecule has 1 fully saturated rings. The molecule has 1 aliphatic rings. The van der Waals surface area contributed by atoms with Crippen molar-refractivity contribution in [1.82, 2.24) is 4.90 Å². The van der Waals surface area contributed by atoms with Crippen molar-refractivity contribution >= 4 is 17.4 Å². The van der Waals surface area contributed by atoms with Gasteiger partial charge in [0.25, 0.3) is 0 Å². The molecule has 1 aromatic carbocycles. The molecule has 122 valence electrons. The zero-order valence-corrected chi connectivity index (χ0v) is 14.5. The zero-order chi connectivity index (χ0) is 16.1. The van der Waals surface area contributed by atoms with Crippen LogP contribution in [0.3, 0.4) is 0 Å². The van der Waals surface area contributed by atoms with E-state index in [0.717, 1.165) is 19.5 Å². The summed E-state index contributed by atoms with van der Waals surface area (Å²) in [4.78, 5) is 14.9. The molecular weight excluding hydrogens is 298 g/mol. The Bertz CT molecular complexity index is 508. The van der Waals surface area contributed by atoms with Crippen LogP contribution in [0.5, 0.6) is 5.75 Å². The molecule has 0 bridgehead atoms. The van der Waals surface area contributed by atoms with Crippen molar-refractivity contribution in [3.63, 3.8) is 0 Å². The van der Waals surface area contributed by atoms with E-state index >= 15 is 0 Å². The Kier molecular flexibility index (Phi) is 6.27. The number of ketones is 1. The SMILES string of the molecule is CCCOc1ccc(Cl)cc1C(=O)CN1CC(C)CC(C)C1. The van der Waals surface area contributed by atoms with Crippen LogP contribution in [0.2, 0.25) is 5.02 Å². The highest BCUT2D eigenvalue weighted by Gasteiger charge is 2.24. The van der Waals surface area contributed by atoms with Gasteiger partial charge in [-0.05, 0) is 42.9 Å². The molecule has 1 heterocycles. The van der Waals surface area contributed by atoms with Crippen molar-refractivity contribution in [2.24, 2.45) is 11.8 Å². The first-order chi connectivity index (χ1) is 10.5. The molecule has 3 nitrogen and oxygen atoms in total. The van der Waals surface area contributed by atoms with Crippen LogP contribution >= 0.6 is 11.6 Å². The number of halogens is 1. The lowest BCUT2D eigenvalue weighted by Gasteiger charge is -2.34. The number of ether oxygens (including phenoxy) is 1. The topological polar surface area (TPSA) is 29.5 Å². The number of hydrogen-bond acceptors (Lipinski definition) is 3. The van der Waals surface area contributed by atoms with Crippen LogP contribution in [0, 0.1) is 11.8 Å². The fourth-order valence-electron chi connectivity index (χ4n) is 3.27. The fourth-order valence-corrected chi connectivity index (χ4v) is 3.44. The number of rotatable bonds is 6. The highest BCUT2D eigenvalue weighted by Crippen LogP contribution is 2.26. The summed E-state index contributed by atoms with van der Waals surface area (Å²) in [6.07, 6.45) is 2.16. The molecule has 0 aromatic heterocycles. The molecule has 0 N–H and O–H groups in total. The number of benzene rings is 1. The Labute approximate surface area is 138 Å². The summed E-state index contributed by atoms with van der Waals surface area (Å²) in [5.74, 6) is 2.03. The molecule has 1 aromatic rings. The number of hydrogen-bond donors (Lipinski definition) is 0. The summed E-state index contributed by atoms with van der Waals surface area (Å²) < 4.78 is 5.70. The van der Waals surface area contributed by atoms with E-state index in [1.807, 2.05) is 6.92 Å². The molecule has 0 spiro atoms. The Hall–Kier alpha value is -1.06. The number of piperidine rings is 1. The Morgan fingerprint density at radius 3 is 2.64 bits per heavy atom. The minimum absolute atomic E-state index is 0.0925. The molecule has 0 amide bonds. The number of carbonyl (C=O) groups excluding carboxylic acids is 1. The van der Waals surface area contributed by atoms with Crippen molar-refractivity contribution in [3.8, 4) is 5.75 Å². The van der Waals surface area contributed by atoms with E-state index in [4.69, 9.17) is 16.3 Å². The van der Waals surface area contributed by atoms with Gasteiger partial charge in [-0.3, -0.25) is 9.69 Å². The van der Waals surface area contributed by atoms with E-state index in [1.165, 1.54) is 6.42 Å². The molecule has 0 saturated carbocycles. The van der Waals surface area contributed by atoms with Gasteiger partial charge in [0.2, 0.25) is 0 Å². The van der Waals surface area contributed by atoms with Gasteiger partial charge in [-0.2, -0.15) is 0 Å². The molecule has 22 heavy (non-hydrogen) atoms. The summed E-state index contributed by atoms with van der Waals surface area (Å²) in [6, 6.07) is 5.30. The fraction of sp³-hybridized carbons (Fsp3) is 0.611. The lowest BCUT2D eigenvalue weighted by atomic mass is 9.91. The van der Waals surface area contributed by atoms with E-state index in [1.54, 1.807) is 18.2 Å². The van der Waals surface area contributed by atoms with Gasteiger partial charge in [0.05, 0.1) is 18.7 Å². The summed E-state index contributed by atoms with van der Waals surface area (Å²) in [7, 11) is 0. The highest BCUT2D eigenvalue weighted by molar-refractivity contribution is 6.31. The normalized spacial score (nSPS) is 22.5. The number of carbonyl (C=O) groups is 1. The average Bonchev–Trinajstić information content (AvgIpc) is 2.44. The van der Waals surface area contributed by atoms with Crippen LogP contribution in [-0.2, 0) is 0 Å². The number of Topliss-reactive ketones (excluding diaryl/α,β-unsaturated/α-hetero) is 1. The summed E-state index contributed by atoms with van der Waals surface area (Å²) in [5.41, 5.74) is 0.604. The Morgan fingerprint density at radius 2 is 2.00 bits per heavy atom. The van der Waals surface area contributed by atoms with Crippen LogP contribution in [0.4, 0.5) is 0 Å². The van der Waals surface area contributed by atoms with Crippen LogP contribution in [0.25, 0.3) is 0 Å². The van der Waals surface area contributed by atoms with Gasteiger partial charge < -0.3 is 4.74 Å². The molecule has 2 rings (SSSR count). The van der Waals surface area contributed by atoms with Crippen molar-refractivity contribution in [1.29, 1.82) is 0 Å². The molecule has 1 aliphatic heterocycles. The monoisotopic (exact) mass is 323 g/mol. The second-order valence-corrected chi connectivity index (χ2v) is 6.99. The summed E-state index contributed by atoms with van der Waals surface area (Å²) >= 11 is 6.06. The summed E-state index contributed by atoms with van der Waals surface area (Å²) in [5, 5.41) is 0.576. The highest BCUT2D eigenvalue weighted by atomic mass is 35.5. The lowest BCUT2D eigenvalue weighted by Crippen LogP contribution is -2.41. The summed E-state index contributed by atoms with van der Waals surface area (Å²) in [6.45, 7) is 9.58. The molecule has 0 radical (unpaired) electrons. The Morgan fingerprint density at radius 1 is 1.32 bits per heavy atom. The number of nitrogens with zero attached hydrogens (tertiary/aromatic N) is 1. The van der Waals surface area contributed by atoms with Gasteiger partial charge in [0.15, 0.2) is 5.78 Å². The first kappa shape index (κ1) is 17.3. The first-order valence-corrected chi connectivity index (χ1v) is 8.55. The lowest BCUT2D eigenvalue weighted by molar-refractivity contribution is 0.0846.